The van der Waals surface area contributed by atoms with Gasteiger partial charge < -0.3 is 5.32 Å². The largest absolute Gasteiger partial charge is 0.369 e. The van der Waals surface area contributed by atoms with E-state index in [2.05, 4.69) is 15.0 Å². The van der Waals surface area contributed by atoms with Crippen molar-refractivity contribution in [2.45, 2.75) is 36.3 Å². The van der Waals surface area contributed by atoms with E-state index in [1.165, 1.54) is 6.42 Å². The van der Waals surface area contributed by atoms with Crippen LogP contribution in [-0.4, -0.2) is 37.5 Å². The number of pyridine rings is 1. The number of hydrogen-bond acceptors (Lipinski definition) is 5. The average molecular weight is 315 g/mol. The van der Waals surface area contributed by atoms with Crippen molar-refractivity contribution >= 4 is 27.6 Å². The van der Waals surface area contributed by atoms with Crippen molar-refractivity contribution < 1.29 is 8.42 Å². The molecule has 0 amide bonds. The Bertz CT molecular complexity index is 528. The second-order valence-electron chi connectivity index (χ2n) is 4.76. The molecule has 1 fully saturated rings. The molecule has 0 bridgehead atoms. The van der Waals surface area contributed by atoms with Gasteiger partial charge in [-0.1, -0.05) is 6.92 Å². The maximum Gasteiger partial charge on any atom is 0.244 e. The lowest BCUT2D eigenvalue weighted by molar-refractivity contribution is 0.579. The summed E-state index contributed by atoms with van der Waals surface area (Å²) in [6.07, 6.45) is 4.78. The Balaban J connectivity index is 2.07. The second-order valence-corrected chi connectivity index (χ2v) is 7.91. The molecule has 112 valence electrons. The van der Waals surface area contributed by atoms with Crippen LogP contribution in [0, 0.1) is 0 Å². The van der Waals surface area contributed by atoms with Crippen LogP contribution in [-0.2, 0) is 10.0 Å². The summed E-state index contributed by atoms with van der Waals surface area (Å²) in [5.74, 6) is 1.56. The lowest BCUT2D eigenvalue weighted by Crippen LogP contribution is -2.30. The zero-order valence-corrected chi connectivity index (χ0v) is 13.3. The van der Waals surface area contributed by atoms with Crippen LogP contribution < -0.4 is 10.0 Å². The number of sulfonamides is 1. The van der Waals surface area contributed by atoms with E-state index in [9.17, 15) is 8.42 Å². The van der Waals surface area contributed by atoms with Crippen molar-refractivity contribution in [3.05, 3.63) is 18.3 Å². The summed E-state index contributed by atoms with van der Waals surface area (Å²) in [4.78, 5) is 4.36. The highest BCUT2D eigenvalue weighted by Gasteiger charge is 2.22. The van der Waals surface area contributed by atoms with E-state index in [-0.39, 0.29) is 4.90 Å². The number of rotatable bonds is 7. The van der Waals surface area contributed by atoms with Crippen LogP contribution in [0.4, 0.5) is 5.82 Å². The van der Waals surface area contributed by atoms with Crippen LogP contribution in [0.25, 0.3) is 0 Å². The SMILES string of the molecule is CCCNc1ncccc1S(=O)(=O)NCC1CCCS1. The van der Waals surface area contributed by atoms with Crippen LogP contribution in [0.2, 0.25) is 0 Å². The number of anilines is 1. The Morgan fingerprint density at radius 1 is 1.50 bits per heavy atom. The third kappa shape index (κ3) is 4.10. The molecule has 0 aliphatic carbocycles. The molecule has 20 heavy (non-hydrogen) atoms. The standard InChI is InChI=1S/C13H21N3O2S2/c1-2-7-14-13-12(6-3-8-15-13)20(17,18)16-10-11-5-4-9-19-11/h3,6,8,11,16H,2,4-5,7,9-10H2,1H3,(H,14,15). The van der Waals surface area contributed by atoms with Crippen molar-refractivity contribution in [2.24, 2.45) is 0 Å². The van der Waals surface area contributed by atoms with E-state index in [0.717, 1.165) is 18.6 Å². The van der Waals surface area contributed by atoms with Crippen LogP contribution in [0.15, 0.2) is 23.2 Å². The molecule has 1 aromatic rings. The fourth-order valence-corrected chi connectivity index (χ4v) is 4.59. The second kappa shape index (κ2) is 7.28. The van der Waals surface area contributed by atoms with E-state index < -0.39 is 10.0 Å². The van der Waals surface area contributed by atoms with Gasteiger partial charge in [0.2, 0.25) is 10.0 Å². The molecule has 2 heterocycles. The van der Waals surface area contributed by atoms with Crippen LogP contribution in [0.5, 0.6) is 0 Å². The average Bonchev–Trinajstić information content (AvgIpc) is 2.97. The molecule has 5 nitrogen and oxygen atoms in total. The first-order chi connectivity index (χ1) is 9.63. The van der Waals surface area contributed by atoms with Crippen LogP contribution in [0.1, 0.15) is 26.2 Å². The Morgan fingerprint density at radius 3 is 3.05 bits per heavy atom. The van der Waals surface area contributed by atoms with E-state index in [0.29, 0.717) is 24.2 Å². The predicted molar refractivity (Wildman–Crippen MR) is 83.7 cm³/mol. The molecule has 2 N–H and O–H groups in total. The number of thioether (sulfide) groups is 1. The molecule has 0 radical (unpaired) electrons. The third-order valence-electron chi connectivity index (χ3n) is 3.13. The summed E-state index contributed by atoms with van der Waals surface area (Å²) < 4.78 is 27.5. The summed E-state index contributed by atoms with van der Waals surface area (Å²) in [6, 6.07) is 3.24. The molecule has 0 aromatic carbocycles. The Labute approximate surface area is 125 Å². The predicted octanol–water partition coefficient (Wildman–Crippen LogP) is 2.08. The van der Waals surface area contributed by atoms with Crippen molar-refractivity contribution in [1.29, 1.82) is 0 Å². The van der Waals surface area contributed by atoms with Gasteiger partial charge in [-0.2, -0.15) is 11.8 Å². The highest BCUT2D eigenvalue weighted by Crippen LogP contribution is 2.26. The Kier molecular flexibility index (Phi) is 5.68. The molecule has 1 saturated heterocycles. The number of nitrogens with one attached hydrogen (secondary N) is 2. The minimum Gasteiger partial charge on any atom is -0.369 e. The van der Waals surface area contributed by atoms with E-state index in [1.54, 1.807) is 18.3 Å². The summed E-state index contributed by atoms with van der Waals surface area (Å²) in [5.41, 5.74) is 0. The van der Waals surface area contributed by atoms with E-state index in [1.807, 2.05) is 18.7 Å². The zero-order valence-electron chi connectivity index (χ0n) is 11.6. The maximum atomic E-state index is 12.4. The maximum absolute atomic E-state index is 12.4. The molecular formula is C13H21N3O2S2. The third-order valence-corrected chi connectivity index (χ3v) is 5.98. The van der Waals surface area contributed by atoms with Gasteiger partial charge in [0.15, 0.2) is 0 Å². The molecule has 7 heteroatoms. The van der Waals surface area contributed by atoms with Gasteiger partial charge in [0.1, 0.15) is 10.7 Å². The van der Waals surface area contributed by atoms with Crippen molar-refractivity contribution in [3.8, 4) is 0 Å². The van der Waals surface area contributed by atoms with E-state index >= 15 is 0 Å². The lowest BCUT2D eigenvalue weighted by atomic mass is 10.2. The first-order valence-corrected chi connectivity index (χ1v) is 9.47. The summed E-state index contributed by atoms with van der Waals surface area (Å²) in [6.45, 7) is 3.23. The molecule has 1 aliphatic heterocycles. The van der Waals surface area contributed by atoms with E-state index in [4.69, 9.17) is 0 Å². The van der Waals surface area contributed by atoms with Gasteiger partial charge >= 0.3 is 0 Å². The van der Waals surface area contributed by atoms with Gasteiger partial charge in [0.05, 0.1) is 0 Å². The van der Waals surface area contributed by atoms with Crippen molar-refractivity contribution in [2.75, 3.05) is 24.2 Å². The number of aromatic nitrogens is 1. The Morgan fingerprint density at radius 2 is 2.35 bits per heavy atom. The molecule has 1 aromatic heterocycles. The van der Waals surface area contributed by atoms with Crippen LogP contribution in [0.3, 0.4) is 0 Å². The highest BCUT2D eigenvalue weighted by atomic mass is 32.2. The smallest absolute Gasteiger partial charge is 0.244 e. The fraction of sp³-hybridized carbons (Fsp3) is 0.615. The highest BCUT2D eigenvalue weighted by molar-refractivity contribution is 8.00. The first-order valence-electron chi connectivity index (χ1n) is 6.93. The van der Waals surface area contributed by atoms with Gasteiger partial charge in [0.25, 0.3) is 0 Å². The molecule has 1 aliphatic rings. The van der Waals surface area contributed by atoms with Crippen molar-refractivity contribution in [3.63, 3.8) is 0 Å². The molecule has 0 saturated carbocycles. The summed E-state index contributed by atoms with van der Waals surface area (Å²) in [5, 5.41) is 3.46. The molecule has 2 rings (SSSR count). The van der Waals surface area contributed by atoms with Gasteiger partial charge in [-0.25, -0.2) is 18.1 Å². The van der Waals surface area contributed by atoms with Gasteiger partial charge in [-0.15, -0.1) is 0 Å². The number of hydrogen-bond donors (Lipinski definition) is 2. The van der Waals surface area contributed by atoms with Crippen LogP contribution >= 0.6 is 11.8 Å². The quantitative estimate of drug-likeness (QED) is 0.806. The monoisotopic (exact) mass is 315 g/mol. The lowest BCUT2D eigenvalue weighted by Gasteiger charge is -2.13. The van der Waals surface area contributed by atoms with Gasteiger partial charge in [0, 0.05) is 24.5 Å². The van der Waals surface area contributed by atoms with Crippen molar-refractivity contribution in [1.82, 2.24) is 9.71 Å². The summed E-state index contributed by atoms with van der Waals surface area (Å²) >= 11 is 1.84. The normalized spacial score (nSPS) is 19.1. The zero-order chi connectivity index (χ0) is 14.4. The van der Waals surface area contributed by atoms with Gasteiger partial charge in [-0.3, -0.25) is 0 Å². The molecule has 1 atom stereocenters. The molecular weight excluding hydrogens is 294 g/mol. The minimum atomic E-state index is -3.50. The minimum absolute atomic E-state index is 0.233. The molecule has 0 spiro atoms. The Hall–Kier alpha value is -0.790. The topological polar surface area (TPSA) is 71.1 Å². The molecule has 1 unspecified atom stereocenters. The summed E-state index contributed by atoms with van der Waals surface area (Å²) in [7, 11) is -3.50. The first kappa shape index (κ1) is 15.6. The van der Waals surface area contributed by atoms with Gasteiger partial charge in [-0.05, 0) is 37.1 Å². The fourth-order valence-electron chi connectivity index (χ4n) is 2.07. The number of nitrogens with zero attached hydrogens (tertiary/aromatic N) is 1.